The Morgan fingerprint density at radius 1 is 0.423 bits per heavy atom. The van der Waals surface area contributed by atoms with E-state index in [0.717, 1.165) is 87.8 Å². The zero-order valence-corrected chi connectivity index (χ0v) is 32.4. The van der Waals surface area contributed by atoms with Crippen LogP contribution in [0.25, 0.3) is 0 Å². The van der Waals surface area contributed by atoms with Gasteiger partial charge in [0.1, 0.15) is 0 Å². The number of rotatable bonds is 27. The summed E-state index contributed by atoms with van der Waals surface area (Å²) in [5, 5.41) is 24.8. The number of amides is 7. The number of carbonyl (C=O) groups is 5. The molecule has 0 aromatic heterocycles. The van der Waals surface area contributed by atoms with Crippen LogP contribution in [0.2, 0.25) is 0 Å². The van der Waals surface area contributed by atoms with Gasteiger partial charge in [-0.25, -0.2) is 28.9 Å². The van der Waals surface area contributed by atoms with Crippen LogP contribution >= 0.6 is 0 Å². The first-order valence-electron chi connectivity index (χ1n) is 18.8. The fourth-order valence-corrected chi connectivity index (χ4v) is 4.05. The highest BCUT2D eigenvalue weighted by Gasteiger charge is 2.20. The van der Waals surface area contributed by atoms with E-state index in [1.807, 2.05) is 20.8 Å². The maximum atomic E-state index is 13.0. The molecule has 0 unspecified atom stereocenters. The van der Waals surface area contributed by atoms with Gasteiger partial charge < -0.3 is 26.6 Å². The lowest BCUT2D eigenvalue weighted by Crippen LogP contribution is -2.49. The summed E-state index contributed by atoms with van der Waals surface area (Å²) in [4.78, 5) is 76.5. The number of urea groups is 2. The summed E-state index contributed by atoms with van der Waals surface area (Å²) in [5.74, 6) is 0. The van der Waals surface area contributed by atoms with Gasteiger partial charge in [0.25, 0.3) is 0 Å². The molecule has 17 nitrogen and oxygen atoms in total. The molecule has 52 heavy (non-hydrogen) atoms. The van der Waals surface area contributed by atoms with Gasteiger partial charge in [0.15, 0.2) is 0 Å². The predicted octanol–water partition coefficient (Wildman–Crippen LogP) is 6.93. The Hall–Kier alpha value is -4.44. The van der Waals surface area contributed by atoms with Crippen molar-refractivity contribution in [3.63, 3.8) is 0 Å². The van der Waals surface area contributed by atoms with Gasteiger partial charge in [-0.15, -0.1) is 0 Å². The quantitative estimate of drug-likeness (QED) is 0.0257. The van der Waals surface area contributed by atoms with Crippen LogP contribution in [0, 0.1) is 0 Å². The van der Waals surface area contributed by atoms with Gasteiger partial charge in [0.2, 0.25) is 0 Å². The van der Waals surface area contributed by atoms with E-state index in [9.17, 15) is 24.0 Å². The molecule has 0 saturated carbocycles. The Labute approximate surface area is 309 Å². The summed E-state index contributed by atoms with van der Waals surface area (Å²) in [7, 11) is 0. The second-order valence-corrected chi connectivity index (χ2v) is 12.3. The second kappa shape index (κ2) is 32.5. The Balaban J connectivity index is 4.55. The third kappa shape index (κ3) is 28.3. The van der Waals surface area contributed by atoms with Gasteiger partial charge >= 0.3 is 30.3 Å². The number of hydrogen-bond donors (Lipinski definition) is 5. The number of hydrogen-bond acceptors (Lipinski definition) is 11. The molecular formula is C35H65N9O8. The second-order valence-electron chi connectivity index (χ2n) is 12.3. The van der Waals surface area contributed by atoms with Gasteiger partial charge in [-0.2, -0.15) is 0 Å². The van der Waals surface area contributed by atoms with E-state index >= 15 is 0 Å². The minimum atomic E-state index is -0.596. The molecule has 0 aliphatic heterocycles. The van der Waals surface area contributed by atoms with Crippen molar-refractivity contribution in [2.45, 2.75) is 138 Å². The van der Waals surface area contributed by atoms with Crippen LogP contribution in [-0.2, 0) is 14.5 Å². The number of oxime groups is 3. The summed E-state index contributed by atoms with van der Waals surface area (Å²) in [5.41, 5.74) is 2.19. The molecule has 0 bridgehead atoms. The van der Waals surface area contributed by atoms with E-state index in [0.29, 0.717) is 58.4 Å². The summed E-state index contributed by atoms with van der Waals surface area (Å²) in [6.45, 7) is 13.6. The van der Waals surface area contributed by atoms with Gasteiger partial charge in [0, 0.05) is 39.3 Å². The maximum Gasteiger partial charge on any atom is 0.433 e. The highest BCUT2D eigenvalue weighted by Crippen LogP contribution is 2.05. The Kier molecular flexibility index (Phi) is 29.7. The Morgan fingerprint density at radius 2 is 0.692 bits per heavy atom. The summed E-state index contributed by atoms with van der Waals surface area (Å²) >= 11 is 0. The van der Waals surface area contributed by atoms with Crippen LogP contribution < -0.4 is 26.6 Å². The monoisotopic (exact) mass is 739 g/mol. The van der Waals surface area contributed by atoms with Crippen molar-refractivity contribution in [2.24, 2.45) is 15.5 Å². The van der Waals surface area contributed by atoms with Gasteiger partial charge in [-0.3, -0.25) is 14.5 Å². The molecule has 5 N–H and O–H groups in total. The number of carbonyl (C=O) groups excluding carboxylic acids is 5. The maximum absolute atomic E-state index is 13.0. The molecule has 0 heterocycles. The lowest BCUT2D eigenvalue weighted by molar-refractivity contribution is 0.149. The Bertz CT molecular complexity index is 1070. The highest BCUT2D eigenvalue weighted by atomic mass is 16.7. The van der Waals surface area contributed by atoms with Crippen molar-refractivity contribution in [3.8, 4) is 0 Å². The fraction of sp³-hybridized carbons (Fsp3) is 0.771. The standard InChI is InChI=1S/C35H65N9O8/c1-7-28(4)41-50-33(47)38-24-18-12-10-16-22-36-31(45)44(27-21-15-14-20-26-40-35(49)52-43-30(6)9-3)32(46)37-23-17-11-13-19-25-39-34(48)51-42-29(5)8-2/h7-27H2,1-6H3,(H,36,45)(H,37,46)(H,38,47)(H,39,48)(H,40,49). The molecule has 0 aliphatic carbocycles. The molecular weight excluding hydrogens is 674 g/mol. The smallest absolute Gasteiger partial charge is 0.338 e. The van der Waals surface area contributed by atoms with Gasteiger partial charge in [-0.05, 0) is 78.6 Å². The molecule has 0 radical (unpaired) electrons. The molecule has 0 saturated heterocycles. The summed E-state index contributed by atoms with van der Waals surface area (Å²) in [6, 6.07) is -0.901. The van der Waals surface area contributed by atoms with E-state index in [1.54, 1.807) is 20.8 Å². The van der Waals surface area contributed by atoms with Crippen molar-refractivity contribution in [3.05, 3.63) is 0 Å². The minimum absolute atomic E-state index is 0.255. The van der Waals surface area contributed by atoms with Crippen LogP contribution in [0.4, 0.5) is 24.0 Å². The number of imide groups is 1. The molecule has 0 rings (SSSR count). The van der Waals surface area contributed by atoms with Gasteiger partial charge in [0.05, 0.1) is 17.1 Å². The number of nitrogens with zero attached hydrogens (tertiary/aromatic N) is 4. The fourth-order valence-electron chi connectivity index (χ4n) is 4.05. The lowest BCUT2D eigenvalue weighted by atomic mass is 10.2. The normalized spacial score (nSPS) is 11.7. The number of unbranched alkanes of at least 4 members (excludes halogenated alkanes) is 9. The molecule has 0 aromatic rings. The Morgan fingerprint density at radius 3 is 0.981 bits per heavy atom. The van der Waals surface area contributed by atoms with E-state index in [2.05, 4.69) is 42.1 Å². The molecule has 0 fully saturated rings. The third-order valence-electron chi connectivity index (χ3n) is 7.75. The largest absolute Gasteiger partial charge is 0.433 e. The predicted molar refractivity (Wildman–Crippen MR) is 203 cm³/mol. The zero-order chi connectivity index (χ0) is 38.8. The van der Waals surface area contributed by atoms with E-state index in [4.69, 9.17) is 14.5 Å². The summed E-state index contributed by atoms with van der Waals surface area (Å²) < 4.78 is 0. The average Bonchev–Trinajstić information content (AvgIpc) is 3.14. The molecule has 17 heteroatoms. The van der Waals surface area contributed by atoms with Crippen molar-refractivity contribution < 1.29 is 38.5 Å². The first kappa shape index (κ1) is 47.6. The minimum Gasteiger partial charge on any atom is -0.338 e. The van der Waals surface area contributed by atoms with Gasteiger partial charge in [-0.1, -0.05) is 74.8 Å². The first-order chi connectivity index (χ1) is 25.0. The van der Waals surface area contributed by atoms with Crippen LogP contribution in [0.3, 0.4) is 0 Å². The molecule has 298 valence electrons. The molecule has 0 aromatic carbocycles. The third-order valence-corrected chi connectivity index (χ3v) is 7.75. The van der Waals surface area contributed by atoms with Crippen molar-refractivity contribution in [1.82, 2.24) is 31.5 Å². The molecule has 0 spiro atoms. The average molecular weight is 740 g/mol. The highest BCUT2D eigenvalue weighted by molar-refractivity contribution is 5.93. The molecule has 0 atom stereocenters. The van der Waals surface area contributed by atoms with Crippen LogP contribution in [0.1, 0.15) is 138 Å². The SMILES string of the molecule is CCC(C)=NOC(=O)NCCCCCCNC(=O)N(CCCCCCNC(=O)ON=C(C)CC)C(=O)NCCCCCCNC(=O)ON=C(C)CC. The van der Waals surface area contributed by atoms with Crippen molar-refractivity contribution >= 4 is 47.5 Å². The lowest BCUT2D eigenvalue weighted by Gasteiger charge is -2.22. The topological polar surface area (TPSA) is 214 Å². The molecule has 7 amide bonds. The van der Waals surface area contributed by atoms with Crippen LogP contribution in [0.15, 0.2) is 15.5 Å². The van der Waals surface area contributed by atoms with Crippen LogP contribution in [0.5, 0.6) is 0 Å². The van der Waals surface area contributed by atoms with E-state index in [1.165, 1.54) is 4.90 Å². The zero-order valence-electron chi connectivity index (χ0n) is 32.4. The van der Waals surface area contributed by atoms with Crippen molar-refractivity contribution in [1.29, 1.82) is 0 Å². The first-order valence-corrected chi connectivity index (χ1v) is 18.8. The van der Waals surface area contributed by atoms with E-state index < -0.39 is 30.3 Å². The number of nitrogens with one attached hydrogen (secondary N) is 5. The summed E-state index contributed by atoms with van der Waals surface area (Å²) in [6.07, 6.45) is 9.59. The molecule has 0 aliphatic rings. The van der Waals surface area contributed by atoms with Crippen LogP contribution in [-0.4, -0.2) is 91.6 Å². The van der Waals surface area contributed by atoms with Crippen molar-refractivity contribution in [2.75, 3.05) is 39.3 Å². The van der Waals surface area contributed by atoms with E-state index in [-0.39, 0.29) is 6.54 Å².